The first kappa shape index (κ1) is 23.3. The second-order valence-corrected chi connectivity index (χ2v) is 9.62. The Bertz CT molecular complexity index is 1070. The van der Waals surface area contributed by atoms with E-state index in [1.165, 1.54) is 24.3 Å². The Labute approximate surface area is 190 Å². The van der Waals surface area contributed by atoms with E-state index in [1.54, 1.807) is 23.1 Å². The summed E-state index contributed by atoms with van der Waals surface area (Å²) >= 11 is 11.8. The fourth-order valence-corrected chi connectivity index (χ4v) is 4.18. The Morgan fingerprint density at radius 2 is 1.71 bits per heavy atom. The number of carbonyl (C=O) groups is 2. The number of nitrogens with one attached hydrogen (secondary N) is 1. The van der Waals surface area contributed by atoms with Gasteiger partial charge in [-0.2, -0.15) is 0 Å². The molecule has 2 aromatic rings. The summed E-state index contributed by atoms with van der Waals surface area (Å²) in [5, 5.41) is 3.20. The molecule has 3 rings (SSSR count). The molecule has 1 fully saturated rings. The third-order valence-electron chi connectivity index (χ3n) is 4.59. The number of hydrogen-bond donors (Lipinski definition) is 1. The van der Waals surface area contributed by atoms with Crippen LogP contribution >= 0.6 is 23.2 Å². The molecule has 0 unspecified atom stereocenters. The molecule has 1 aliphatic heterocycles. The molecule has 1 saturated heterocycles. The number of hydrogen-bond acceptors (Lipinski definition) is 5. The van der Waals surface area contributed by atoms with Gasteiger partial charge in [-0.15, -0.1) is 0 Å². The van der Waals surface area contributed by atoms with Crippen LogP contribution in [0.25, 0.3) is 0 Å². The van der Waals surface area contributed by atoms with Gasteiger partial charge >= 0.3 is 0 Å². The summed E-state index contributed by atoms with van der Waals surface area (Å²) in [6.45, 7) is 1.53. The summed E-state index contributed by atoms with van der Waals surface area (Å²) in [5.41, 5.74) is 1.09. The molecule has 0 bridgehead atoms. The van der Waals surface area contributed by atoms with Crippen molar-refractivity contribution in [3.8, 4) is 0 Å². The maximum atomic E-state index is 12.6. The summed E-state index contributed by atoms with van der Waals surface area (Å²) in [5.74, 6) is -0.713. The van der Waals surface area contributed by atoms with E-state index in [1.807, 2.05) is 0 Å². The largest absolute Gasteiger partial charge is 0.378 e. The fourth-order valence-electron chi connectivity index (χ4n) is 3.02. The zero-order valence-electron chi connectivity index (χ0n) is 16.7. The van der Waals surface area contributed by atoms with Gasteiger partial charge in [-0.25, -0.2) is 8.42 Å². The Balaban J connectivity index is 1.73. The van der Waals surface area contributed by atoms with Crippen molar-refractivity contribution in [2.45, 2.75) is 0 Å². The number of rotatable bonds is 6. The van der Waals surface area contributed by atoms with Crippen molar-refractivity contribution in [3.05, 3.63) is 58.1 Å². The number of carbonyl (C=O) groups excluding carboxylic acids is 2. The summed E-state index contributed by atoms with van der Waals surface area (Å²) in [7, 11) is -3.76. The zero-order valence-corrected chi connectivity index (χ0v) is 19.0. The standard InChI is InChI=1S/C20H21Cl2N3O5S/c1-31(28,29)25(13-19(26)23-15-4-7-17(21)18(22)12-15)16-5-2-14(3-6-16)20(27)24-8-10-30-11-9-24/h2-7,12H,8-11,13H2,1H3,(H,23,26). The molecule has 11 heteroatoms. The van der Waals surface area contributed by atoms with Crippen molar-refractivity contribution in [2.75, 3.05) is 48.7 Å². The summed E-state index contributed by atoms with van der Waals surface area (Å²) < 4.78 is 30.8. The van der Waals surface area contributed by atoms with E-state index in [0.29, 0.717) is 42.6 Å². The van der Waals surface area contributed by atoms with Gasteiger partial charge in [-0.3, -0.25) is 13.9 Å². The van der Waals surface area contributed by atoms with Gasteiger partial charge in [0.25, 0.3) is 5.91 Å². The maximum absolute atomic E-state index is 12.6. The molecule has 0 atom stereocenters. The van der Waals surface area contributed by atoms with E-state index in [9.17, 15) is 18.0 Å². The fraction of sp³-hybridized carbons (Fsp3) is 0.300. The highest BCUT2D eigenvalue weighted by molar-refractivity contribution is 7.92. The Morgan fingerprint density at radius 1 is 1.06 bits per heavy atom. The summed E-state index contributed by atoms with van der Waals surface area (Å²) in [4.78, 5) is 26.7. The van der Waals surface area contributed by atoms with E-state index in [2.05, 4.69) is 5.32 Å². The average Bonchev–Trinajstić information content (AvgIpc) is 2.74. The molecule has 1 heterocycles. The topological polar surface area (TPSA) is 96.0 Å². The Morgan fingerprint density at radius 3 is 2.29 bits per heavy atom. The lowest BCUT2D eigenvalue weighted by Gasteiger charge is -2.27. The minimum Gasteiger partial charge on any atom is -0.378 e. The highest BCUT2D eigenvalue weighted by atomic mass is 35.5. The molecule has 2 aromatic carbocycles. The minimum absolute atomic E-state index is 0.155. The lowest BCUT2D eigenvalue weighted by atomic mass is 10.1. The van der Waals surface area contributed by atoms with Crippen LogP contribution in [0.2, 0.25) is 10.0 Å². The lowest BCUT2D eigenvalue weighted by Crippen LogP contribution is -2.40. The number of ether oxygens (including phenoxy) is 1. The van der Waals surface area contributed by atoms with Crippen molar-refractivity contribution in [2.24, 2.45) is 0 Å². The van der Waals surface area contributed by atoms with Crippen LogP contribution in [0.15, 0.2) is 42.5 Å². The molecule has 1 N–H and O–H groups in total. The number of sulfonamides is 1. The number of benzene rings is 2. The zero-order chi connectivity index (χ0) is 22.6. The van der Waals surface area contributed by atoms with E-state index < -0.39 is 22.5 Å². The third kappa shape index (κ3) is 6.10. The predicted molar refractivity (Wildman–Crippen MR) is 120 cm³/mol. The smallest absolute Gasteiger partial charge is 0.254 e. The van der Waals surface area contributed by atoms with Gasteiger partial charge in [0.05, 0.1) is 35.2 Å². The average molecular weight is 486 g/mol. The summed E-state index contributed by atoms with van der Waals surface area (Å²) in [6, 6.07) is 10.6. The van der Waals surface area contributed by atoms with Crippen LogP contribution in [0, 0.1) is 0 Å². The van der Waals surface area contributed by atoms with Crippen LogP contribution < -0.4 is 9.62 Å². The third-order valence-corrected chi connectivity index (χ3v) is 6.47. The van der Waals surface area contributed by atoms with Crippen LogP contribution in [0.5, 0.6) is 0 Å². The Hall–Kier alpha value is -2.33. The van der Waals surface area contributed by atoms with E-state index >= 15 is 0 Å². The van der Waals surface area contributed by atoms with Gasteiger partial charge < -0.3 is 15.0 Å². The molecule has 0 saturated carbocycles. The van der Waals surface area contributed by atoms with Gasteiger partial charge in [-0.1, -0.05) is 23.2 Å². The lowest BCUT2D eigenvalue weighted by molar-refractivity contribution is -0.114. The van der Waals surface area contributed by atoms with Crippen molar-refractivity contribution < 1.29 is 22.7 Å². The van der Waals surface area contributed by atoms with Gasteiger partial charge in [0, 0.05) is 24.3 Å². The van der Waals surface area contributed by atoms with Crippen LogP contribution in [-0.4, -0.2) is 64.2 Å². The van der Waals surface area contributed by atoms with Crippen LogP contribution in [0.3, 0.4) is 0 Å². The highest BCUT2D eigenvalue weighted by Crippen LogP contribution is 2.25. The monoisotopic (exact) mass is 485 g/mol. The first-order valence-electron chi connectivity index (χ1n) is 9.35. The minimum atomic E-state index is -3.76. The van der Waals surface area contributed by atoms with Crippen LogP contribution in [-0.2, 0) is 19.6 Å². The second-order valence-electron chi connectivity index (χ2n) is 6.90. The van der Waals surface area contributed by atoms with Gasteiger partial charge in [0.1, 0.15) is 6.54 Å². The molecule has 166 valence electrons. The van der Waals surface area contributed by atoms with Gasteiger partial charge in [0.15, 0.2) is 0 Å². The number of amides is 2. The molecular formula is C20H21Cl2N3O5S. The van der Waals surface area contributed by atoms with E-state index in [4.69, 9.17) is 27.9 Å². The number of nitrogens with zero attached hydrogens (tertiary/aromatic N) is 2. The first-order chi connectivity index (χ1) is 14.6. The molecule has 0 spiro atoms. The molecule has 2 amide bonds. The molecule has 8 nitrogen and oxygen atoms in total. The molecular weight excluding hydrogens is 465 g/mol. The van der Waals surface area contributed by atoms with Crippen molar-refractivity contribution in [3.63, 3.8) is 0 Å². The normalized spacial score (nSPS) is 14.2. The number of anilines is 2. The van der Waals surface area contributed by atoms with Gasteiger partial charge in [0.2, 0.25) is 15.9 Å². The number of halogens is 2. The predicted octanol–water partition coefficient (Wildman–Crippen LogP) is 2.87. The highest BCUT2D eigenvalue weighted by Gasteiger charge is 2.23. The Kier molecular flexibility index (Phi) is 7.42. The second kappa shape index (κ2) is 9.86. The molecule has 0 aliphatic carbocycles. The van der Waals surface area contributed by atoms with Crippen LogP contribution in [0.1, 0.15) is 10.4 Å². The quantitative estimate of drug-likeness (QED) is 0.678. The summed E-state index contributed by atoms with van der Waals surface area (Å²) in [6.07, 6.45) is 1.01. The van der Waals surface area contributed by atoms with Crippen molar-refractivity contribution in [1.29, 1.82) is 0 Å². The molecule has 31 heavy (non-hydrogen) atoms. The van der Waals surface area contributed by atoms with Crippen LogP contribution in [0.4, 0.5) is 11.4 Å². The van der Waals surface area contributed by atoms with E-state index in [0.717, 1.165) is 10.6 Å². The van der Waals surface area contributed by atoms with Crippen molar-refractivity contribution in [1.82, 2.24) is 4.90 Å². The SMILES string of the molecule is CS(=O)(=O)N(CC(=O)Nc1ccc(Cl)c(Cl)c1)c1ccc(C(=O)N2CCOCC2)cc1. The molecule has 1 aliphatic rings. The van der Waals surface area contributed by atoms with E-state index in [-0.39, 0.29) is 16.6 Å². The number of morpholine rings is 1. The molecule has 0 radical (unpaired) electrons. The maximum Gasteiger partial charge on any atom is 0.254 e. The molecule has 0 aromatic heterocycles. The van der Waals surface area contributed by atoms with Crippen molar-refractivity contribution >= 4 is 56.4 Å². The van der Waals surface area contributed by atoms with Gasteiger partial charge in [-0.05, 0) is 42.5 Å². The first-order valence-corrected chi connectivity index (χ1v) is 12.0.